The molecule has 0 aliphatic carbocycles. The molecule has 36 heavy (non-hydrogen) atoms. The van der Waals surface area contributed by atoms with Gasteiger partial charge in [-0.05, 0) is 42.2 Å². The van der Waals surface area contributed by atoms with Gasteiger partial charge in [0.1, 0.15) is 19.2 Å². The number of halogens is 2. The third-order valence-electron chi connectivity index (χ3n) is 4.93. The molecule has 0 spiro atoms. The number of thiazole rings is 1. The summed E-state index contributed by atoms with van der Waals surface area (Å²) in [6, 6.07) is 13.6. The molecule has 0 saturated heterocycles. The summed E-state index contributed by atoms with van der Waals surface area (Å²) in [6.07, 6.45) is -0.0191. The monoisotopic (exact) mass is 545 g/mol. The van der Waals surface area contributed by atoms with Gasteiger partial charge in [0.15, 0.2) is 5.13 Å². The lowest BCUT2D eigenvalue weighted by Crippen LogP contribution is -2.40. The Morgan fingerprint density at radius 3 is 2.69 bits per heavy atom. The Morgan fingerprint density at radius 2 is 1.97 bits per heavy atom. The van der Waals surface area contributed by atoms with Crippen molar-refractivity contribution < 1.29 is 14.3 Å². The number of amides is 2. The van der Waals surface area contributed by atoms with Crippen molar-refractivity contribution >= 4 is 57.4 Å². The molecule has 3 rings (SSSR count). The molecule has 0 fully saturated rings. The van der Waals surface area contributed by atoms with Crippen LogP contribution in [0.2, 0.25) is 10.0 Å². The predicted molar refractivity (Wildman–Crippen MR) is 143 cm³/mol. The molecule has 1 heterocycles. The van der Waals surface area contributed by atoms with Crippen molar-refractivity contribution in [3.8, 4) is 17.3 Å². The SMILES string of the molecule is CC(C)CC(Nc1nc(-c2cccc(NC(=O)OCc3ccc(Cl)c(Cl)c3)c2)cs1)C(=O)NCC#N. The van der Waals surface area contributed by atoms with Crippen LogP contribution in [0, 0.1) is 17.2 Å². The highest BCUT2D eigenvalue weighted by molar-refractivity contribution is 7.14. The molecule has 2 aromatic carbocycles. The number of carbonyl (C=O) groups is 2. The Labute approximate surface area is 223 Å². The maximum atomic E-state index is 12.4. The van der Waals surface area contributed by atoms with Crippen LogP contribution < -0.4 is 16.0 Å². The number of rotatable bonds is 10. The number of nitrogens with zero attached hydrogens (tertiary/aromatic N) is 2. The summed E-state index contributed by atoms with van der Waals surface area (Å²) in [4.78, 5) is 29.3. The number of ether oxygens (including phenoxy) is 1. The van der Waals surface area contributed by atoms with Gasteiger partial charge in [-0.2, -0.15) is 5.26 Å². The Bertz CT molecular complexity index is 1260. The fourth-order valence-electron chi connectivity index (χ4n) is 3.26. The zero-order valence-corrected chi connectivity index (χ0v) is 22.0. The topological polar surface area (TPSA) is 116 Å². The first kappa shape index (κ1) is 27.3. The third kappa shape index (κ3) is 8.12. The van der Waals surface area contributed by atoms with Gasteiger partial charge in [0.05, 0.1) is 21.8 Å². The number of nitrogens with one attached hydrogen (secondary N) is 3. The molecule has 0 bridgehead atoms. The van der Waals surface area contributed by atoms with Gasteiger partial charge in [0.2, 0.25) is 5.91 Å². The summed E-state index contributed by atoms with van der Waals surface area (Å²) in [6.45, 7) is 4.04. The maximum Gasteiger partial charge on any atom is 0.411 e. The molecule has 0 saturated carbocycles. The number of nitriles is 1. The number of anilines is 2. The van der Waals surface area contributed by atoms with E-state index in [1.54, 1.807) is 36.4 Å². The van der Waals surface area contributed by atoms with Crippen molar-refractivity contribution in [2.45, 2.75) is 32.9 Å². The second-order valence-electron chi connectivity index (χ2n) is 8.27. The largest absolute Gasteiger partial charge is 0.444 e. The van der Waals surface area contributed by atoms with Crippen LogP contribution >= 0.6 is 34.5 Å². The summed E-state index contributed by atoms with van der Waals surface area (Å²) >= 11 is 13.3. The predicted octanol–water partition coefficient (Wildman–Crippen LogP) is 6.33. The van der Waals surface area contributed by atoms with Crippen LogP contribution in [0.1, 0.15) is 25.8 Å². The third-order valence-corrected chi connectivity index (χ3v) is 6.44. The van der Waals surface area contributed by atoms with Crippen LogP contribution in [0.5, 0.6) is 0 Å². The second-order valence-corrected chi connectivity index (χ2v) is 9.94. The van der Waals surface area contributed by atoms with Crippen molar-refractivity contribution in [3.63, 3.8) is 0 Å². The number of carbonyl (C=O) groups excluding carboxylic acids is 2. The van der Waals surface area contributed by atoms with Gasteiger partial charge < -0.3 is 15.4 Å². The highest BCUT2D eigenvalue weighted by Gasteiger charge is 2.21. The molecule has 1 aromatic heterocycles. The number of hydrogen-bond acceptors (Lipinski definition) is 7. The van der Waals surface area contributed by atoms with Gasteiger partial charge in [-0.1, -0.05) is 55.2 Å². The highest BCUT2D eigenvalue weighted by Crippen LogP contribution is 2.28. The van der Waals surface area contributed by atoms with Gasteiger partial charge in [0.25, 0.3) is 0 Å². The van der Waals surface area contributed by atoms with Gasteiger partial charge >= 0.3 is 6.09 Å². The van der Waals surface area contributed by atoms with Crippen LogP contribution in [-0.2, 0) is 16.1 Å². The molecule has 0 radical (unpaired) electrons. The van der Waals surface area contributed by atoms with Crippen molar-refractivity contribution in [3.05, 3.63) is 63.5 Å². The molecule has 1 atom stereocenters. The van der Waals surface area contributed by atoms with Crippen LogP contribution in [0.15, 0.2) is 47.8 Å². The van der Waals surface area contributed by atoms with Crippen LogP contribution in [0.25, 0.3) is 11.3 Å². The van der Waals surface area contributed by atoms with Crippen molar-refractivity contribution in [1.29, 1.82) is 5.26 Å². The van der Waals surface area contributed by atoms with Crippen molar-refractivity contribution in [1.82, 2.24) is 10.3 Å². The van der Waals surface area contributed by atoms with Gasteiger partial charge in [-0.15, -0.1) is 11.3 Å². The van der Waals surface area contributed by atoms with Gasteiger partial charge in [-0.3, -0.25) is 10.1 Å². The van der Waals surface area contributed by atoms with E-state index in [4.69, 9.17) is 33.2 Å². The molecule has 3 aromatic rings. The summed E-state index contributed by atoms with van der Waals surface area (Å²) in [7, 11) is 0. The second kappa shape index (κ2) is 13.1. The lowest BCUT2D eigenvalue weighted by Gasteiger charge is -2.18. The summed E-state index contributed by atoms with van der Waals surface area (Å²) in [5, 5.41) is 20.5. The van der Waals surface area contributed by atoms with E-state index in [2.05, 4.69) is 20.9 Å². The average molecular weight is 546 g/mol. The van der Waals surface area contributed by atoms with Crippen molar-refractivity contribution in [2.75, 3.05) is 17.2 Å². The van der Waals surface area contributed by atoms with E-state index in [0.717, 1.165) is 5.56 Å². The molecular formula is C25H25Cl2N5O3S. The fourth-order valence-corrected chi connectivity index (χ4v) is 4.36. The van der Waals surface area contributed by atoms with E-state index >= 15 is 0 Å². The molecule has 188 valence electrons. The van der Waals surface area contributed by atoms with Crippen LogP contribution in [0.4, 0.5) is 15.6 Å². The molecule has 0 aliphatic heterocycles. The molecule has 8 nitrogen and oxygen atoms in total. The summed E-state index contributed by atoms with van der Waals surface area (Å²) < 4.78 is 5.27. The minimum absolute atomic E-state index is 0.0447. The number of hydrogen-bond donors (Lipinski definition) is 3. The highest BCUT2D eigenvalue weighted by atomic mass is 35.5. The smallest absolute Gasteiger partial charge is 0.411 e. The summed E-state index contributed by atoms with van der Waals surface area (Å²) in [5.41, 5.74) is 2.74. The zero-order valence-electron chi connectivity index (χ0n) is 19.7. The van der Waals surface area contributed by atoms with Crippen molar-refractivity contribution in [2.24, 2.45) is 5.92 Å². The van der Waals surface area contributed by atoms with E-state index in [9.17, 15) is 9.59 Å². The quantitative estimate of drug-likeness (QED) is 0.256. The lowest BCUT2D eigenvalue weighted by atomic mass is 10.0. The molecule has 11 heteroatoms. The molecule has 1 unspecified atom stereocenters. The minimum Gasteiger partial charge on any atom is -0.444 e. The maximum absolute atomic E-state index is 12.4. The Balaban J connectivity index is 1.62. The minimum atomic E-state index is -0.612. The van der Waals surface area contributed by atoms with E-state index in [0.29, 0.717) is 38.5 Å². The summed E-state index contributed by atoms with van der Waals surface area (Å²) in [5.74, 6) is 0.0292. The van der Waals surface area contributed by atoms with Crippen LogP contribution in [0.3, 0.4) is 0 Å². The Morgan fingerprint density at radius 1 is 1.17 bits per heavy atom. The Hall–Kier alpha value is -3.32. The number of aromatic nitrogens is 1. The molecule has 3 N–H and O–H groups in total. The fraction of sp³-hybridized carbons (Fsp3) is 0.280. The van der Waals surface area contributed by atoms with E-state index in [-0.39, 0.29) is 25.0 Å². The number of benzene rings is 2. The molecule has 2 amide bonds. The molecule has 0 aliphatic rings. The lowest BCUT2D eigenvalue weighted by molar-refractivity contribution is -0.121. The standard InChI is InChI=1S/C25H25Cl2N5O3S/c1-15(2)10-21(23(33)29-9-8-28)31-24-32-22(14-36-24)17-4-3-5-18(12-17)30-25(34)35-13-16-6-7-19(26)20(27)11-16/h3-7,11-12,14-15,21H,9-10,13H2,1-2H3,(H,29,33)(H,30,34)(H,31,32). The van der Waals surface area contributed by atoms with Gasteiger partial charge in [0, 0.05) is 16.6 Å². The van der Waals surface area contributed by atoms with Gasteiger partial charge in [-0.25, -0.2) is 9.78 Å². The molecular weight excluding hydrogens is 521 g/mol. The van der Waals surface area contributed by atoms with Crippen LogP contribution in [-0.4, -0.2) is 29.6 Å². The first-order valence-corrected chi connectivity index (χ1v) is 12.7. The Kier molecular flexibility index (Phi) is 9.94. The van der Waals surface area contributed by atoms with E-state index < -0.39 is 12.1 Å². The average Bonchev–Trinajstić information content (AvgIpc) is 3.31. The van der Waals surface area contributed by atoms with E-state index in [1.807, 2.05) is 31.4 Å². The normalized spacial score (nSPS) is 11.4. The van der Waals surface area contributed by atoms with E-state index in [1.165, 1.54) is 11.3 Å². The first-order valence-electron chi connectivity index (χ1n) is 11.1. The first-order chi connectivity index (χ1) is 17.2. The zero-order chi connectivity index (χ0) is 26.1.